The predicted molar refractivity (Wildman–Crippen MR) is 92.8 cm³/mol. The summed E-state index contributed by atoms with van der Waals surface area (Å²) in [5, 5.41) is 3.23. The van der Waals surface area contributed by atoms with Gasteiger partial charge in [0.15, 0.2) is 6.29 Å². The van der Waals surface area contributed by atoms with Crippen molar-refractivity contribution in [3.05, 3.63) is 70.8 Å². The summed E-state index contributed by atoms with van der Waals surface area (Å²) in [6.45, 7) is 1.85. The van der Waals surface area contributed by atoms with Gasteiger partial charge >= 0.3 is 12.4 Å². The van der Waals surface area contributed by atoms with Gasteiger partial charge in [-0.15, -0.1) is 0 Å². The maximum Gasteiger partial charge on any atom is 0.416 e. The number of morpholine rings is 1. The van der Waals surface area contributed by atoms with E-state index < -0.39 is 42.4 Å². The highest BCUT2D eigenvalue weighted by Gasteiger charge is 2.37. The molecule has 0 unspecified atom stereocenters. The van der Waals surface area contributed by atoms with E-state index in [0.29, 0.717) is 18.7 Å². The zero-order chi connectivity index (χ0) is 21.2. The van der Waals surface area contributed by atoms with E-state index in [9.17, 15) is 26.3 Å². The molecule has 1 heterocycles. The highest BCUT2D eigenvalue weighted by atomic mass is 19.4. The van der Waals surface area contributed by atoms with E-state index in [0.717, 1.165) is 5.56 Å². The van der Waals surface area contributed by atoms with Crippen molar-refractivity contribution in [2.45, 2.75) is 44.3 Å². The second-order valence-electron chi connectivity index (χ2n) is 6.84. The molecular formula is C20H19F6NO2. The van der Waals surface area contributed by atoms with Crippen molar-refractivity contribution in [1.29, 1.82) is 0 Å². The van der Waals surface area contributed by atoms with Crippen LogP contribution < -0.4 is 5.32 Å². The summed E-state index contributed by atoms with van der Waals surface area (Å²) in [5.41, 5.74) is -2.15. The number of alkyl halides is 6. The summed E-state index contributed by atoms with van der Waals surface area (Å²) in [6.07, 6.45) is -10.9. The first kappa shape index (κ1) is 21.6. The topological polar surface area (TPSA) is 30.5 Å². The van der Waals surface area contributed by atoms with E-state index in [1.807, 2.05) is 30.3 Å². The third kappa shape index (κ3) is 5.49. The highest BCUT2D eigenvalue weighted by molar-refractivity contribution is 5.33. The van der Waals surface area contributed by atoms with Crippen molar-refractivity contribution >= 4 is 0 Å². The van der Waals surface area contributed by atoms with Crippen LogP contribution in [0.5, 0.6) is 0 Å². The van der Waals surface area contributed by atoms with Crippen molar-refractivity contribution in [2.75, 3.05) is 6.54 Å². The lowest BCUT2D eigenvalue weighted by Crippen LogP contribution is -2.47. The van der Waals surface area contributed by atoms with Crippen molar-refractivity contribution in [3.8, 4) is 0 Å². The van der Waals surface area contributed by atoms with E-state index in [1.54, 1.807) is 6.92 Å². The average molecular weight is 419 g/mol. The number of hydrogen-bond donors (Lipinski definition) is 1. The molecule has 2 aromatic carbocycles. The molecule has 1 saturated heterocycles. The number of nitrogens with one attached hydrogen (secondary N) is 1. The van der Waals surface area contributed by atoms with E-state index in [-0.39, 0.29) is 17.7 Å². The van der Waals surface area contributed by atoms with Crippen molar-refractivity contribution in [3.63, 3.8) is 0 Å². The van der Waals surface area contributed by atoms with E-state index >= 15 is 0 Å². The molecule has 29 heavy (non-hydrogen) atoms. The SMILES string of the molecule is C[C@@H]1CN[C@@H](c2ccccc2)[C@H](OCc2cc(C(F)(F)F)cc(C(F)(F)F)c2)O1. The number of rotatable bonds is 4. The fourth-order valence-corrected chi connectivity index (χ4v) is 3.10. The summed E-state index contributed by atoms with van der Waals surface area (Å²) in [6, 6.07) is 10.1. The Morgan fingerprint density at radius 1 is 0.966 bits per heavy atom. The third-order valence-electron chi connectivity index (χ3n) is 4.48. The molecule has 2 aromatic rings. The van der Waals surface area contributed by atoms with Crippen LogP contribution in [-0.4, -0.2) is 18.9 Å². The molecule has 0 radical (unpaired) electrons. The summed E-state index contributed by atoms with van der Waals surface area (Å²) in [4.78, 5) is 0. The molecule has 3 rings (SSSR count). The van der Waals surface area contributed by atoms with Gasteiger partial charge in [0, 0.05) is 6.54 Å². The quantitative estimate of drug-likeness (QED) is 0.681. The normalized spacial score (nSPS) is 23.2. The minimum atomic E-state index is -4.90. The zero-order valence-corrected chi connectivity index (χ0v) is 15.3. The van der Waals surface area contributed by atoms with E-state index in [2.05, 4.69) is 5.32 Å². The first-order valence-corrected chi connectivity index (χ1v) is 8.88. The first-order chi connectivity index (χ1) is 13.5. The summed E-state index contributed by atoms with van der Waals surface area (Å²) >= 11 is 0. The molecule has 0 spiro atoms. The smallest absolute Gasteiger partial charge is 0.346 e. The lowest BCUT2D eigenvalue weighted by molar-refractivity contribution is -0.208. The van der Waals surface area contributed by atoms with Gasteiger partial charge in [0.1, 0.15) is 0 Å². The van der Waals surface area contributed by atoms with Crippen LogP contribution in [-0.2, 0) is 28.4 Å². The molecule has 1 N–H and O–H groups in total. The van der Waals surface area contributed by atoms with Gasteiger partial charge in [-0.05, 0) is 36.2 Å². The lowest BCUT2D eigenvalue weighted by atomic mass is 10.0. The van der Waals surface area contributed by atoms with Crippen LogP contribution in [0.15, 0.2) is 48.5 Å². The Morgan fingerprint density at radius 2 is 1.55 bits per heavy atom. The minimum Gasteiger partial charge on any atom is -0.346 e. The Balaban J connectivity index is 1.83. The predicted octanol–water partition coefficient (Wildman–Crippen LogP) is 5.32. The second-order valence-corrected chi connectivity index (χ2v) is 6.84. The van der Waals surface area contributed by atoms with Gasteiger partial charge in [0.25, 0.3) is 0 Å². The molecule has 9 heteroatoms. The van der Waals surface area contributed by atoms with E-state index in [1.165, 1.54) is 0 Å². The van der Waals surface area contributed by atoms with Crippen LogP contribution in [0.3, 0.4) is 0 Å². The van der Waals surface area contributed by atoms with Crippen molar-refractivity contribution < 1.29 is 35.8 Å². The molecule has 3 atom stereocenters. The fourth-order valence-electron chi connectivity index (χ4n) is 3.10. The Morgan fingerprint density at radius 3 is 2.10 bits per heavy atom. The second kappa shape index (κ2) is 8.33. The van der Waals surface area contributed by atoms with Crippen LogP contribution in [0.4, 0.5) is 26.3 Å². The Kier molecular flexibility index (Phi) is 6.21. The standard InChI is InChI=1S/C20H19F6NO2/c1-12-10-27-17(14-5-3-2-4-6-14)18(29-12)28-11-13-7-15(19(21,22)23)9-16(8-13)20(24,25)26/h2-9,12,17-18,27H,10-11H2,1H3/t12-,17+,18-/m1/s1. The lowest BCUT2D eigenvalue weighted by Gasteiger charge is -2.36. The van der Waals surface area contributed by atoms with Crippen molar-refractivity contribution in [2.24, 2.45) is 0 Å². The maximum atomic E-state index is 13.0. The Hall–Kier alpha value is -2.10. The number of hydrogen-bond acceptors (Lipinski definition) is 3. The average Bonchev–Trinajstić information content (AvgIpc) is 2.65. The van der Waals surface area contributed by atoms with Crippen LogP contribution in [0.2, 0.25) is 0 Å². The molecule has 1 aliphatic heterocycles. The van der Waals surface area contributed by atoms with Gasteiger partial charge in [-0.3, -0.25) is 0 Å². The molecular weight excluding hydrogens is 400 g/mol. The molecule has 0 aliphatic carbocycles. The number of halogens is 6. The Bertz CT molecular complexity index is 790. The van der Waals surface area contributed by atoms with Crippen molar-refractivity contribution in [1.82, 2.24) is 5.32 Å². The molecule has 3 nitrogen and oxygen atoms in total. The number of benzene rings is 2. The van der Waals surface area contributed by atoms with Gasteiger partial charge in [0.2, 0.25) is 0 Å². The molecule has 1 fully saturated rings. The molecule has 1 aliphatic rings. The summed E-state index contributed by atoms with van der Waals surface area (Å²) in [7, 11) is 0. The highest BCUT2D eigenvalue weighted by Crippen LogP contribution is 2.36. The molecule has 0 bridgehead atoms. The third-order valence-corrected chi connectivity index (χ3v) is 4.48. The Labute approximate surface area is 163 Å². The first-order valence-electron chi connectivity index (χ1n) is 8.88. The van der Waals surface area contributed by atoms with E-state index in [4.69, 9.17) is 9.47 Å². The maximum absolute atomic E-state index is 13.0. The molecule has 0 saturated carbocycles. The fraction of sp³-hybridized carbons (Fsp3) is 0.400. The number of ether oxygens (including phenoxy) is 2. The minimum absolute atomic E-state index is 0.0943. The van der Waals surface area contributed by atoms with Crippen LogP contribution >= 0.6 is 0 Å². The van der Waals surface area contributed by atoms with Gasteiger partial charge in [0.05, 0.1) is 29.9 Å². The molecule has 158 valence electrons. The largest absolute Gasteiger partial charge is 0.416 e. The van der Waals surface area contributed by atoms with Gasteiger partial charge in [-0.25, -0.2) is 0 Å². The summed E-state index contributed by atoms with van der Waals surface area (Å²) < 4.78 is 89.5. The van der Waals surface area contributed by atoms with Gasteiger partial charge in [-0.1, -0.05) is 30.3 Å². The zero-order valence-electron chi connectivity index (χ0n) is 15.3. The molecule has 0 amide bonds. The van der Waals surface area contributed by atoms with Crippen LogP contribution in [0, 0.1) is 0 Å². The van der Waals surface area contributed by atoms with Gasteiger partial charge in [-0.2, -0.15) is 26.3 Å². The van der Waals surface area contributed by atoms with Crippen LogP contribution in [0.25, 0.3) is 0 Å². The monoisotopic (exact) mass is 419 g/mol. The van der Waals surface area contributed by atoms with Gasteiger partial charge < -0.3 is 14.8 Å². The molecule has 0 aromatic heterocycles. The van der Waals surface area contributed by atoms with Crippen LogP contribution in [0.1, 0.15) is 35.2 Å². The summed E-state index contributed by atoms with van der Waals surface area (Å²) in [5.74, 6) is 0.